The number of imidazole rings is 2. The van der Waals surface area contributed by atoms with Gasteiger partial charge in [-0.2, -0.15) is 0 Å². The molecule has 6 aromatic rings. The number of nitrogens with zero attached hydrogens (tertiary/aromatic N) is 4. The van der Waals surface area contributed by atoms with Gasteiger partial charge >= 0.3 is 0 Å². The van der Waals surface area contributed by atoms with Crippen molar-refractivity contribution in [1.82, 2.24) is 29.5 Å². The van der Waals surface area contributed by atoms with Crippen molar-refractivity contribution in [3.63, 3.8) is 0 Å². The van der Waals surface area contributed by atoms with E-state index in [1.54, 1.807) is 24.9 Å². The van der Waals surface area contributed by atoms with E-state index in [1.807, 2.05) is 78.4 Å². The van der Waals surface area contributed by atoms with Gasteiger partial charge in [0, 0.05) is 35.5 Å². The van der Waals surface area contributed by atoms with Crippen molar-refractivity contribution in [3.8, 4) is 17.1 Å². The first-order valence-electron chi connectivity index (χ1n) is 12.2. The molecule has 0 saturated carbocycles. The molecule has 188 valence electrons. The molecule has 0 saturated heterocycles. The average Bonchev–Trinajstić information content (AvgIpc) is 3.60. The molecule has 0 aliphatic carbocycles. The van der Waals surface area contributed by atoms with Crippen LogP contribution in [0.1, 0.15) is 22.9 Å². The van der Waals surface area contributed by atoms with Crippen LogP contribution in [0.15, 0.2) is 96.6 Å². The number of anilines is 1. The summed E-state index contributed by atoms with van der Waals surface area (Å²) in [4.78, 5) is 32.9. The Kier molecular flexibility index (Phi) is 6.23. The SMILES string of the molecule is Cc1cc(-n2ccnc2)cc2[nH]c(-c3c(NC(Cc4cccc(Cl)c4)c4ccccn4)cc[nH]c3=O)nc12. The lowest BCUT2D eigenvalue weighted by Gasteiger charge is -2.21. The standard InChI is InChI=1S/C29H24ClN7O/c1-18-13-21(37-12-11-31-17-37)16-25-27(18)36-28(35-25)26-23(8-10-33-29(26)38)34-24(22-7-2-3-9-32-22)15-19-5-4-6-20(30)14-19/h2-14,16-17,24H,15H2,1H3,(H,35,36)(H2,33,34,38). The van der Waals surface area contributed by atoms with E-state index in [2.05, 4.69) is 25.3 Å². The third kappa shape index (κ3) is 4.69. The highest BCUT2D eigenvalue weighted by Gasteiger charge is 2.20. The van der Waals surface area contributed by atoms with Gasteiger partial charge in [0.2, 0.25) is 0 Å². The molecule has 0 amide bonds. The van der Waals surface area contributed by atoms with E-state index in [4.69, 9.17) is 16.6 Å². The third-order valence-electron chi connectivity index (χ3n) is 6.47. The van der Waals surface area contributed by atoms with Crippen molar-refractivity contribution in [1.29, 1.82) is 0 Å². The second-order valence-corrected chi connectivity index (χ2v) is 9.53. The summed E-state index contributed by atoms with van der Waals surface area (Å²) >= 11 is 6.26. The molecule has 6 rings (SSSR count). The molecule has 9 heteroatoms. The zero-order chi connectivity index (χ0) is 26.1. The number of hydrogen-bond donors (Lipinski definition) is 3. The quantitative estimate of drug-likeness (QED) is 0.244. The molecule has 38 heavy (non-hydrogen) atoms. The molecule has 0 aliphatic rings. The number of H-pyrrole nitrogens is 2. The Balaban J connectivity index is 1.42. The first-order chi connectivity index (χ1) is 18.5. The first-order valence-corrected chi connectivity index (χ1v) is 12.6. The van der Waals surface area contributed by atoms with Crippen molar-refractivity contribution in [2.45, 2.75) is 19.4 Å². The van der Waals surface area contributed by atoms with Crippen LogP contribution in [-0.2, 0) is 6.42 Å². The number of benzene rings is 2. The van der Waals surface area contributed by atoms with Gasteiger partial charge in [0.1, 0.15) is 11.4 Å². The van der Waals surface area contributed by atoms with Crippen molar-refractivity contribution in [2.75, 3.05) is 5.32 Å². The number of aryl methyl sites for hydroxylation is 1. The van der Waals surface area contributed by atoms with Crippen molar-refractivity contribution in [2.24, 2.45) is 0 Å². The summed E-state index contributed by atoms with van der Waals surface area (Å²) in [5.74, 6) is 0.484. The second-order valence-electron chi connectivity index (χ2n) is 9.10. The van der Waals surface area contributed by atoms with Gasteiger partial charge in [-0.05, 0) is 66.9 Å². The monoisotopic (exact) mass is 521 g/mol. The van der Waals surface area contributed by atoms with E-state index in [9.17, 15) is 4.79 Å². The fourth-order valence-electron chi connectivity index (χ4n) is 4.68. The number of hydrogen-bond acceptors (Lipinski definition) is 5. The fraction of sp³-hybridized carbons (Fsp3) is 0.103. The van der Waals surface area contributed by atoms with Crippen LogP contribution in [0.4, 0.5) is 5.69 Å². The van der Waals surface area contributed by atoms with Crippen LogP contribution < -0.4 is 10.9 Å². The number of pyridine rings is 2. The number of halogens is 1. The molecule has 2 aromatic carbocycles. The van der Waals surface area contributed by atoms with Gasteiger partial charge < -0.3 is 19.9 Å². The number of aromatic amines is 2. The lowest BCUT2D eigenvalue weighted by atomic mass is 10.0. The predicted octanol–water partition coefficient (Wildman–Crippen LogP) is 5.86. The molecule has 0 aliphatic heterocycles. The van der Waals surface area contributed by atoms with E-state index in [0.717, 1.165) is 33.5 Å². The minimum absolute atomic E-state index is 0.214. The lowest BCUT2D eigenvalue weighted by molar-refractivity contribution is 0.746. The Hall–Kier alpha value is -4.69. The van der Waals surface area contributed by atoms with Crippen LogP contribution in [0.25, 0.3) is 28.1 Å². The van der Waals surface area contributed by atoms with Crippen LogP contribution in [0, 0.1) is 6.92 Å². The van der Waals surface area contributed by atoms with Gasteiger partial charge in [-0.3, -0.25) is 9.78 Å². The van der Waals surface area contributed by atoms with Crippen LogP contribution >= 0.6 is 11.6 Å². The summed E-state index contributed by atoms with van der Waals surface area (Å²) in [5.41, 5.74) is 6.32. The molecule has 0 spiro atoms. The number of aromatic nitrogens is 6. The maximum Gasteiger partial charge on any atom is 0.261 e. The zero-order valence-corrected chi connectivity index (χ0v) is 21.3. The van der Waals surface area contributed by atoms with Crippen LogP contribution in [0.3, 0.4) is 0 Å². The van der Waals surface area contributed by atoms with Gasteiger partial charge in [-0.1, -0.05) is 29.8 Å². The Morgan fingerprint density at radius 2 is 2.00 bits per heavy atom. The third-order valence-corrected chi connectivity index (χ3v) is 6.70. The molecule has 4 aromatic heterocycles. The van der Waals surface area contributed by atoms with Crippen molar-refractivity contribution >= 4 is 28.3 Å². The minimum Gasteiger partial charge on any atom is -0.376 e. The molecule has 1 atom stereocenters. The lowest BCUT2D eigenvalue weighted by Crippen LogP contribution is -2.19. The van der Waals surface area contributed by atoms with E-state index in [0.29, 0.717) is 28.5 Å². The average molecular weight is 522 g/mol. The summed E-state index contributed by atoms with van der Waals surface area (Å²) in [6.45, 7) is 2.00. The topological polar surface area (TPSA) is 104 Å². The molecular weight excluding hydrogens is 498 g/mol. The van der Waals surface area contributed by atoms with E-state index >= 15 is 0 Å². The fourth-order valence-corrected chi connectivity index (χ4v) is 4.90. The molecule has 8 nitrogen and oxygen atoms in total. The Morgan fingerprint density at radius 3 is 2.79 bits per heavy atom. The van der Waals surface area contributed by atoms with Gasteiger partial charge in [0.15, 0.2) is 0 Å². The highest BCUT2D eigenvalue weighted by Crippen LogP contribution is 2.30. The summed E-state index contributed by atoms with van der Waals surface area (Å²) < 4.78 is 1.93. The van der Waals surface area contributed by atoms with Crippen LogP contribution in [0.2, 0.25) is 5.02 Å². The molecule has 4 heterocycles. The maximum atomic E-state index is 13.2. The predicted molar refractivity (Wildman–Crippen MR) is 150 cm³/mol. The number of rotatable bonds is 7. The largest absolute Gasteiger partial charge is 0.376 e. The Labute approximate surface area is 223 Å². The minimum atomic E-state index is -0.246. The van der Waals surface area contributed by atoms with E-state index in [-0.39, 0.29) is 11.6 Å². The molecule has 0 bridgehead atoms. The molecule has 0 fully saturated rings. The number of nitrogens with one attached hydrogen (secondary N) is 3. The summed E-state index contributed by atoms with van der Waals surface area (Å²) in [6, 6.07) is 19.2. The van der Waals surface area contributed by atoms with Gasteiger partial charge in [-0.15, -0.1) is 0 Å². The second kappa shape index (κ2) is 9.99. The smallest absolute Gasteiger partial charge is 0.261 e. The molecular formula is C29H24ClN7O. The Morgan fingerprint density at radius 1 is 1.08 bits per heavy atom. The van der Waals surface area contributed by atoms with E-state index < -0.39 is 0 Å². The Bertz CT molecular complexity index is 1770. The molecule has 0 radical (unpaired) electrons. The molecule has 1 unspecified atom stereocenters. The van der Waals surface area contributed by atoms with Crippen LogP contribution in [-0.4, -0.2) is 29.5 Å². The van der Waals surface area contributed by atoms with Gasteiger partial charge in [0.25, 0.3) is 5.56 Å². The maximum absolute atomic E-state index is 13.2. The van der Waals surface area contributed by atoms with Crippen molar-refractivity contribution in [3.05, 3.63) is 124 Å². The zero-order valence-electron chi connectivity index (χ0n) is 20.5. The summed E-state index contributed by atoms with van der Waals surface area (Å²) in [6.07, 6.45) is 9.39. The molecule has 3 N–H and O–H groups in total. The van der Waals surface area contributed by atoms with E-state index in [1.165, 1.54) is 0 Å². The van der Waals surface area contributed by atoms with Gasteiger partial charge in [0.05, 0.1) is 34.8 Å². The summed E-state index contributed by atoms with van der Waals surface area (Å²) in [5, 5.41) is 4.24. The highest BCUT2D eigenvalue weighted by atomic mass is 35.5. The first kappa shape index (κ1) is 23.7. The van der Waals surface area contributed by atoms with Crippen LogP contribution in [0.5, 0.6) is 0 Å². The summed E-state index contributed by atoms with van der Waals surface area (Å²) in [7, 11) is 0. The number of fused-ring (bicyclic) bond motifs is 1. The van der Waals surface area contributed by atoms with Gasteiger partial charge in [-0.25, -0.2) is 9.97 Å². The normalized spacial score (nSPS) is 12.1. The highest BCUT2D eigenvalue weighted by molar-refractivity contribution is 6.30. The van der Waals surface area contributed by atoms with Crippen molar-refractivity contribution < 1.29 is 0 Å².